The average Bonchev–Trinajstić information content (AvgIpc) is 2.43. The van der Waals surface area contributed by atoms with Gasteiger partial charge >= 0.3 is 0 Å². The fourth-order valence-corrected chi connectivity index (χ4v) is 2.63. The first-order valence-corrected chi connectivity index (χ1v) is 7.82. The highest BCUT2D eigenvalue weighted by atomic mass is 35.5. The van der Waals surface area contributed by atoms with E-state index < -0.39 is 0 Å². The van der Waals surface area contributed by atoms with Crippen LogP contribution in [0, 0.1) is 0 Å². The Bertz CT molecular complexity index is 398. The van der Waals surface area contributed by atoms with Crippen molar-refractivity contribution in [1.29, 1.82) is 0 Å². The fraction of sp³-hybridized carbons (Fsp3) is 0.625. The zero-order valence-corrected chi connectivity index (χ0v) is 13.6. The van der Waals surface area contributed by atoms with Gasteiger partial charge in [0, 0.05) is 37.0 Å². The summed E-state index contributed by atoms with van der Waals surface area (Å²) in [6.45, 7) is 6.43. The molecule has 2 N–H and O–H groups in total. The summed E-state index contributed by atoms with van der Waals surface area (Å²) in [6, 6.07) is 6.55. The third-order valence-electron chi connectivity index (χ3n) is 3.55. The molecule has 0 aromatic heterocycles. The van der Waals surface area contributed by atoms with Gasteiger partial charge in [0.1, 0.15) is 0 Å². The number of anilines is 1. The van der Waals surface area contributed by atoms with Crippen LogP contribution in [0.5, 0.6) is 0 Å². The second-order valence-electron chi connectivity index (χ2n) is 5.19. The predicted molar refractivity (Wildman–Crippen MR) is 87.8 cm³/mol. The number of nitrogens with one attached hydrogen (secondary N) is 1. The molecule has 4 heteroatoms. The molecule has 1 atom stereocenters. The van der Waals surface area contributed by atoms with Crippen LogP contribution in [0.4, 0.5) is 5.69 Å². The number of benzene rings is 1. The zero-order valence-electron chi connectivity index (χ0n) is 12.8. The lowest BCUT2D eigenvalue weighted by molar-refractivity contribution is 0.283. The van der Waals surface area contributed by atoms with E-state index in [0.29, 0.717) is 0 Å². The Morgan fingerprint density at radius 2 is 2.05 bits per heavy atom. The summed E-state index contributed by atoms with van der Waals surface area (Å²) in [4.78, 5) is 2.21. The van der Waals surface area contributed by atoms with Crippen molar-refractivity contribution in [2.24, 2.45) is 0 Å². The molecule has 0 saturated carbocycles. The van der Waals surface area contributed by atoms with Crippen LogP contribution in [-0.2, 0) is 0 Å². The molecule has 1 unspecified atom stereocenters. The number of rotatable bonds is 9. The molecule has 0 aliphatic heterocycles. The van der Waals surface area contributed by atoms with Gasteiger partial charge in [-0.2, -0.15) is 0 Å². The van der Waals surface area contributed by atoms with Crippen molar-refractivity contribution in [1.82, 2.24) is 5.32 Å². The molecule has 0 heterocycles. The van der Waals surface area contributed by atoms with E-state index in [0.717, 1.165) is 48.6 Å². The largest absolute Gasteiger partial charge is 0.396 e. The van der Waals surface area contributed by atoms with Crippen molar-refractivity contribution in [3.8, 4) is 0 Å². The Balaban J connectivity index is 2.61. The summed E-state index contributed by atoms with van der Waals surface area (Å²) in [5, 5.41) is 13.0. The van der Waals surface area contributed by atoms with Crippen molar-refractivity contribution >= 4 is 17.3 Å². The van der Waals surface area contributed by atoms with Gasteiger partial charge in [-0.3, -0.25) is 0 Å². The minimum atomic E-state index is 0.274. The molecular weight excluding hydrogens is 272 g/mol. The average molecular weight is 299 g/mol. The Hall–Kier alpha value is -0.770. The van der Waals surface area contributed by atoms with Crippen LogP contribution < -0.4 is 10.2 Å². The lowest BCUT2D eigenvalue weighted by Crippen LogP contribution is -2.20. The van der Waals surface area contributed by atoms with Crippen molar-refractivity contribution in [2.45, 2.75) is 39.2 Å². The second kappa shape index (κ2) is 9.22. The van der Waals surface area contributed by atoms with E-state index in [-0.39, 0.29) is 12.6 Å². The molecule has 1 aromatic carbocycles. The number of aliphatic hydroxyl groups excluding tert-OH is 1. The molecule has 20 heavy (non-hydrogen) atoms. The van der Waals surface area contributed by atoms with Crippen LogP contribution >= 0.6 is 11.6 Å². The van der Waals surface area contributed by atoms with E-state index in [1.165, 1.54) is 0 Å². The van der Waals surface area contributed by atoms with E-state index in [9.17, 15) is 0 Å². The van der Waals surface area contributed by atoms with Gasteiger partial charge in [-0.1, -0.05) is 24.6 Å². The maximum Gasteiger partial charge on any atom is 0.0474 e. The molecule has 3 nitrogen and oxygen atoms in total. The summed E-state index contributed by atoms with van der Waals surface area (Å²) >= 11 is 6.39. The number of halogens is 1. The Morgan fingerprint density at radius 3 is 2.65 bits per heavy atom. The second-order valence-corrected chi connectivity index (χ2v) is 5.60. The highest BCUT2D eigenvalue weighted by molar-refractivity contribution is 6.31. The van der Waals surface area contributed by atoms with Crippen LogP contribution in [0.3, 0.4) is 0 Å². The third kappa shape index (κ3) is 5.31. The molecule has 0 radical (unpaired) electrons. The Kier molecular flexibility index (Phi) is 7.97. The van der Waals surface area contributed by atoms with Gasteiger partial charge in [-0.25, -0.2) is 0 Å². The first-order chi connectivity index (χ1) is 9.60. The lowest BCUT2D eigenvalue weighted by Gasteiger charge is -2.21. The highest BCUT2D eigenvalue weighted by Crippen LogP contribution is 2.27. The van der Waals surface area contributed by atoms with E-state index in [2.05, 4.69) is 43.2 Å². The van der Waals surface area contributed by atoms with E-state index in [4.69, 9.17) is 16.7 Å². The number of aliphatic hydroxyl groups is 1. The first kappa shape index (κ1) is 17.3. The molecule has 0 bridgehead atoms. The summed E-state index contributed by atoms with van der Waals surface area (Å²) < 4.78 is 0. The van der Waals surface area contributed by atoms with Gasteiger partial charge in [0.05, 0.1) is 0 Å². The van der Waals surface area contributed by atoms with E-state index in [1.54, 1.807) is 0 Å². The monoisotopic (exact) mass is 298 g/mol. The van der Waals surface area contributed by atoms with Gasteiger partial charge in [-0.15, -0.1) is 0 Å². The molecule has 0 amide bonds. The normalized spacial score (nSPS) is 12.4. The molecule has 1 aromatic rings. The molecule has 0 aliphatic carbocycles. The van der Waals surface area contributed by atoms with Crippen molar-refractivity contribution in [3.63, 3.8) is 0 Å². The summed E-state index contributed by atoms with van der Waals surface area (Å²) in [5.74, 6) is 0. The summed E-state index contributed by atoms with van der Waals surface area (Å²) in [7, 11) is 2.08. The van der Waals surface area contributed by atoms with Crippen molar-refractivity contribution < 1.29 is 5.11 Å². The van der Waals surface area contributed by atoms with Crippen LogP contribution in [0.2, 0.25) is 5.02 Å². The summed E-state index contributed by atoms with van der Waals surface area (Å²) in [6.07, 6.45) is 3.03. The number of unbranched alkanes of at least 4 members (excludes halogenated alkanes) is 2. The van der Waals surface area contributed by atoms with Gasteiger partial charge in [0.25, 0.3) is 0 Å². The first-order valence-electron chi connectivity index (χ1n) is 7.45. The Labute approximate surface area is 127 Å². The number of hydrogen-bond donors (Lipinski definition) is 2. The van der Waals surface area contributed by atoms with Crippen LogP contribution in [-0.4, -0.2) is 31.9 Å². The van der Waals surface area contributed by atoms with Crippen molar-refractivity contribution in [2.75, 3.05) is 31.6 Å². The molecule has 1 rings (SSSR count). The van der Waals surface area contributed by atoms with Crippen LogP contribution in [0.1, 0.15) is 44.7 Å². The maximum atomic E-state index is 8.77. The fourth-order valence-electron chi connectivity index (χ4n) is 2.29. The topological polar surface area (TPSA) is 35.5 Å². The van der Waals surface area contributed by atoms with E-state index in [1.807, 2.05) is 6.07 Å². The van der Waals surface area contributed by atoms with E-state index >= 15 is 0 Å². The van der Waals surface area contributed by atoms with Crippen LogP contribution in [0.25, 0.3) is 0 Å². The SMILES string of the molecule is CCNC(C)c1ccc(N(C)CCCCCO)cc1Cl. The minimum absolute atomic E-state index is 0.274. The number of nitrogens with zero attached hydrogens (tertiary/aromatic N) is 1. The van der Waals surface area contributed by atoms with Gasteiger partial charge in [0.15, 0.2) is 0 Å². The minimum Gasteiger partial charge on any atom is -0.396 e. The van der Waals surface area contributed by atoms with Gasteiger partial charge in [0.2, 0.25) is 0 Å². The molecule has 114 valence electrons. The maximum absolute atomic E-state index is 8.77. The standard InChI is InChI=1S/C16H27ClN2O/c1-4-18-13(2)15-9-8-14(12-16(15)17)19(3)10-6-5-7-11-20/h8-9,12-13,18,20H,4-7,10-11H2,1-3H3. The smallest absolute Gasteiger partial charge is 0.0474 e. The predicted octanol–water partition coefficient (Wildman–Crippen LogP) is 3.61. The number of hydrogen-bond acceptors (Lipinski definition) is 3. The third-order valence-corrected chi connectivity index (χ3v) is 3.88. The summed E-state index contributed by atoms with van der Waals surface area (Å²) in [5.41, 5.74) is 2.29. The molecule has 0 spiro atoms. The molecule has 0 fully saturated rings. The molecular formula is C16H27ClN2O. The quantitative estimate of drug-likeness (QED) is 0.684. The van der Waals surface area contributed by atoms with Crippen LogP contribution in [0.15, 0.2) is 18.2 Å². The van der Waals surface area contributed by atoms with Crippen molar-refractivity contribution in [3.05, 3.63) is 28.8 Å². The van der Waals surface area contributed by atoms with Gasteiger partial charge < -0.3 is 15.3 Å². The Morgan fingerprint density at radius 1 is 1.30 bits per heavy atom. The highest BCUT2D eigenvalue weighted by Gasteiger charge is 2.10. The lowest BCUT2D eigenvalue weighted by atomic mass is 10.1. The molecule has 0 saturated heterocycles. The molecule has 0 aliphatic rings. The zero-order chi connectivity index (χ0) is 15.0. The van der Waals surface area contributed by atoms with Gasteiger partial charge in [-0.05, 0) is 50.4 Å².